The molecule has 0 aliphatic heterocycles. The van der Waals surface area contributed by atoms with Crippen molar-refractivity contribution in [3.8, 4) is 11.1 Å². The predicted octanol–water partition coefficient (Wildman–Crippen LogP) is 4.79. The molecule has 2 aromatic carbocycles. The molecule has 2 rings (SSSR count). The van der Waals surface area contributed by atoms with Gasteiger partial charge in [0.05, 0.1) is 0 Å². The van der Waals surface area contributed by atoms with Crippen molar-refractivity contribution >= 4 is 11.6 Å². The normalized spacial score (nSPS) is 9.50. The molecule has 0 bridgehead atoms. The van der Waals surface area contributed by atoms with Crippen LogP contribution in [-0.2, 0) is 0 Å². The zero-order valence-electron chi connectivity index (χ0n) is 10.6. The van der Waals surface area contributed by atoms with E-state index in [9.17, 15) is 0 Å². The van der Waals surface area contributed by atoms with E-state index in [2.05, 4.69) is 19.1 Å². The van der Waals surface area contributed by atoms with Crippen LogP contribution in [0.15, 0.2) is 54.6 Å². The van der Waals surface area contributed by atoms with Gasteiger partial charge in [-0.05, 0) is 29.7 Å². The molecule has 2 heteroatoms. The highest BCUT2D eigenvalue weighted by Crippen LogP contribution is 2.20. The maximum Gasteiger partial charge on any atom is 0.0430 e. The van der Waals surface area contributed by atoms with E-state index in [1.807, 2.05) is 42.5 Å². The number of benzene rings is 2. The average molecular weight is 263 g/mol. The van der Waals surface area contributed by atoms with Gasteiger partial charge in [-0.3, -0.25) is 0 Å². The molecular formula is C16H19ClO. The third kappa shape index (κ3) is 5.35. The van der Waals surface area contributed by atoms with Crippen molar-refractivity contribution in [3.05, 3.63) is 59.6 Å². The Morgan fingerprint density at radius 3 is 1.89 bits per heavy atom. The van der Waals surface area contributed by atoms with Gasteiger partial charge in [0.2, 0.25) is 0 Å². The molecule has 0 aromatic heterocycles. The van der Waals surface area contributed by atoms with E-state index >= 15 is 0 Å². The Bertz CT molecular complexity index is 421. The Kier molecular flexibility index (Phi) is 7.16. The number of aliphatic hydroxyl groups is 1. The third-order valence-corrected chi connectivity index (χ3v) is 2.71. The fourth-order valence-electron chi connectivity index (χ4n) is 1.43. The highest BCUT2D eigenvalue weighted by atomic mass is 35.5. The van der Waals surface area contributed by atoms with E-state index in [1.165, 1.54) is 11.1 Å². The van der Waals surface area contributed by atoms with Gasteiger partial charge < -0.3 is 5.11 Å². The zero-order valence-corrected chi connectivity index (χ0v) is 11.4. The summed E-state index contributed by atoms with van der Waals surface area (Å²) in [5, 5.41) is 8.84. The number of rotatable bonds is 3. The second kappa shape index (κ2) is 8.73. The van der Waals surface area contributed by atoms with Crippen molar-refractivity contribution in [1.29, 1.82) is 0 Å². The van der Waals surface area contributed by atoms with Gasteiger partial charge in [-0.2, -0.15) is 0 Å². The molecule has 0 unspecified atom stereocenters. The lowest BCUT2D eigenvalue weighted by Gasteiger charge is -2.00. The molecule has 0 atom stereocenters. The second-order valence-corrected chi connectivity index (χ2v) is 4.39. The van der Waals surface area contributed by atoms with E-state index in [4.69, 9.17) is 16.7 Å². The van der Waals surface area contributed by atoms with Crippen molar-refractivity contribution in [1.82, 2.24) is 0 Å². The van der Waals surface area contributed by atoms with Crippen molar-refractivity contribution in [3.63, 3.8) is 0 Å². The molecule has 0 fully saturated rings. The van der Waals surface area contributed by atoms with Gasteiger partial charge >= 0.3 is 0 Å². The quantitative estimate of drug-likeness (QED) is 0.844. The molecular weight excluding hydrogens is 244 g/mol. The van der Waals surface area contributed by atoms with Crippen LogP contribution in [0.5, 0.6) is 0 Å². The largest absolute Gasteiger partial charge is 0.396 e. The van der Waals surface area contributed by atoms with Crippen molar-refractivity contribution in [2.75, 3.05) is 6.61 Å². The lowest BCUT2D eigenvalue weighted by atomic mass is 10.1. The summed E-state index contributed by atoms with van der Waals surface area (Å²) in [7, 11) is 0. The van der Waals surface area contributed by atoms with Crippen LogP contribution in [0.2, 0.25) is 5.02 Å². The molecule has 0 heterocycles. The van der Waals surface area contributed by atoms with Crippen LogP contribution in [0.25, 0.3) is 11.1 Å². The summed E-state index contributed by atoms with van der Waals surface area (Å²) in [6.45, 7) is 2.40. The first-order chi connectivity index (χ1) is 8.77. The first-order valence-electron chi connectivity index (χ1n) is 6.19. The van der Waals surface area contributed by atoms with Crippen LogP contribution >= 0.6 is 11.6 Å². The van der Waals surface area contributed by atoms with E-state index < -0.39 is 0 Å². The molecule has 96 valence electrons. The Hall–Kier alpha value is -1.31. The highest BCUT2D eigenvalue weighted by Gasteiger charge is 1.94. The molecule has 0 saturated carbocycles. The number of hydrogen-bond donors (Lipinski definition) is 1. The lowest BCUT2D eigenvalue weighted by Crippen LogP contribution is -1.75. The summed E-state index contributed by atoms with van der Waals surface area (Å²) in [5.74, 6) is 0. The van der Waals surface area contributed by atoms with E-state index in [-0.39, 0.29) is 0 Å². The number of aliphatic hydroxyl groups excluding tert-OH is 1. The maximum absolute atomic E-state index is 8.07. The summed E-state index contributed by atoms with van der Waals surface area (Å²) < 4.78 is 0. The molecule has 0 amide bonds. The number of hydrogen-bond acceptors (Lipinski definition) is 1. The molecule has 18 heavy (non-hydrogen) atoms. The molecule has 0 spiro atoms. The summed E-state index contributed by atoms with van der Waals surface area (Å²) in [6, 6.07) is 18.1. The second-order valence-electron chi connectivity index (χ2n) is 3.95. The van der Waals surface area contributed by atoms with Gasteiger partial charge in [0.1, 0.15) is 0 Å². The van der Waals surface area contributed by atoms with Crippen LogP contribution in [0, 0.1) is 0 Å². The summed E-state index contributed by atoms with van der Waals surface area (Å²) >= 11 is 5.80. The average Bonchev–Trinajstić information content (AvgIpc) is 2.42. The molecule has 0 aliphatic rings. The van der Waals surface area contributed by atoms with Crippen molar-refractivity contribution in [2.24, 2.45) is 0 Å². The SMILES string of the molecule is CCCCO.Clc1ccc(-c2ccccc2)cc1. The third-order valence-electron chi connectivity index (χ3n) is 2.46. The minimum atomic E-state index is 0.344. The molecule has 1 nitrogen and oxygen atoms in total. The number of halogens is 1. The summed E-state index contributed by atoms with van der Waals surface area (Å²) in [6.07, 6.45) is 2.04. The van der Waals surface area contributed by atoms with Gasteiger partial charge in [-0.25, -0.2) is 0 Å². The van der Waals surface area contributed by atoms with E-state index in [0.29, 0.717) is 6.61 Å². The van der Waals surface area contributed by atoms with E-state index in [1.54, 1.807) is 0 Å². The van der Waals surface area contributed by atoms with Crippen LogP contribution < -0.4 is 0 Å². The summed E-state index contributed by atoms with van der Waals surface area (Å²) in [4.78, 5) is 0. The molecule has 0 radical (unpaired) electrons. The first kappa shape index (κ1) is 14.7. The summed E-state index contributed by atoms with van der Waals surface area (Å²) in [5.41, 5.74) is 2.42. The van der Waals surface area contributed by atoms with Crippen LogP contribution in [0.4, 0.5) is 0 Å². The van der Waals surface area contributed by atoms with Crippen LogP contribution in [-0.4, -0.2) is 11.7 Å². The Morgan fingerprint density at radius 2 is 1.44 bits per heavy atom. The Labute approximate surface area is 114 Å². The fraction of sp³-hybridized carbons (Fsp3) is 0.250. The standard InChI is InChI=1S/C12H9Cl.C4H10O/c13-12-8-6-11(7-9-12)10-4-2-1-3-5-10;1-2-3-4-5/h1-9H;5H,2-4H2,1H3. The zero-order chi connectivity index (χ0) is 13.2. The fourth-order valence-corrected chi connectivity index (χ4v) is 1.56. The van der Waals surface area contributed by atoms with Gasteiger partial charge in [0.15, 0.2) is 0 Å². The molecule has 2 aromatic rings. The van der Waals surface area contributed by atoms with Gasteiger partial charge in [-0.1, -0.05) is 67.4 Å². The van der Waals surface area contributed by atoms with Gasteiger partial charge in [-0.15, -0.1) is 0 Å². The molecule has 0 aliphatic carbocycles. The number of unbranched alkanes of at least 4 members (excludes halogenated alkanes) is 1. The minimum absolute atomic E-state index is 0.344. The molecule has 0 saturated heterocycles. The predicted molar refractivity (Wildman–Crippen MR) is 78.9 cm³/mol. The lowest BCUT2D eigenvalue weighted by molar-refractivity contribution is 0.287. The maximum atomic E-state index is 8.07. The molecule has 1 N–H and O–H groups in total. The minimum Gasteiger partial charge on any atom is -0.396 e. The van der Waals surface area contributed by atoms with Crippen molar-refractivity contribution in [2.45, 2.75) is 19.8 Å². The first-order valence-corrected chi connectivity index (χ1v) is 6.57. The van der Waals surface area contributed by atoms with Gasteiger partial charge in [0, 0.05) is 11.6 Å². The monoisotopic (exact) mass is 262 g/mol. The van der Waals surface area contributed by atoms with Crippen molar-refractivity contribution < 1.29 is 5.11 Å². The Morgan fingerprint density at radius 1 is 0.889 bits per heavy atom. The highest BCUT2D eigenvalue weighted by molar-refractivity contribution is 6.30. The van der Waals surface area contributed by atoms with E-state index in [0.717, 1.165) is 17.9 Å². The van der Waals surface area contributed by atoms with Gasteiger partial charge in [0.25, 0.3) is 0 Å². The smallest absolute Gasteiger partial charge is 0.0430 e. The topological polar surface area (TPSA) is 20.2 Å². The Balaban J connectivity index is 0.000000280. The van der Waals surface area contributed by atoms with Crippen LogP contribution in [0.1, 0.15) is 19.8 Å². The van der Waals surface area contributed by atoms with Crippen LogP contribution in [0.3, 0.4) is 0 Å².